The van der Waals surface area contributed by atoms with Crippen LogP contribution in [0.4, 0.5) is 0 Å². The van der Waals surface area contributed by atoms with E-state index in [4.69, 9.17) is 5.11 Å². The highest BCUT2D eigenvalue weighted by atomic mass is 33.1. The van der Waals surface area contributed by atoms with Crippen molar-refractivity contribution >= 4 is 21.8 Å². The monoisotopic (exact) mass is 149 g/mol. The van der Waals surface area contributed by atoms with Crippen LogP contribution < -0.4 is 0 Å². The summed E-state index contributed by atoms with van der Waals surface area (Å²) in [6, 6.07) is 0. The topological polar surface area (TPSA) is 23.5 Å². The molecule has 0 fully saturated rings. The van der Waals surface area contributed by atoms with E-state index in [2.05, 4.69) is 0 Å². The van der Waals surface area contributed by atoms with Gasteiger partial charge >= 0.3 is 0 Å². The average Bonchev–Trinajstić information content (AvgIpc) is 1.98. The second-order valence-electron chi connectivity index (χ2n) is 1.54. The van der Waals surface area contributed by atoms with Gasteiger partial charge in [-0.2, -0.15) is 0 Å². The van der Waals surface area contributed by atoms with Gasteiger partial charge in [0.05, 0.1) is 4.91 Å². The van der Waals surface area contributed by atoms with Crippen molar-refractivity contribution in [3.05, 3.63) is 10.8 Å². The highest BCUT2D eigenvalue weighted by Gasteiger charge is 2.15. The fourth-order valence-electron chi connectivity index (χ4n) is 0.406. The molecular formula is C4H7NOS2. The molecule has 0 unspecified atom stereocenters. The van der Waals surface area contributed by atoms with Crippen LogP contribution in [0.2, 0.25) is 0 Å². The van der Waals surface area contributed by atoms with Gasteiger partial charge < -0.3 is 5.11 Å². The number of hydrogen-bond acceptors (Lipinski definition) is 4. The van der Waals surface area contributed by atoms with Crippen molar-refractivity contribution in [1.82, 2.24) is 4.31 Å². The molecule has 2 nitrogen and oxygen atoms in total. The van der Waals surface area contributed by atoms with Crippen molar-refractivity contribution in [2.75, 3.05) is 7.05 Å². The fourth-order valence-corrected chi connectivity index (χ4v) is 2.21. The van der Waals surface area contributed by atoms with E-state index >= 15 is 0 Å². The molecule has 0 aromatic rings. The minimum absolute atomic E-state index is 0.389. The lowest BCUT2D eigenvalue weighted by molar-refractivity contribution is 0.319. The summed E-state index contributed by atoms with van der Waals surface area (Å²) in [5, 5.41) is 9.03. The van der Waals surface area contributed by atoms with Crippen molar-refractivity contribution in [2.24, 2.45) is 0 Å². The Balaban J connectivity index is 2.71. The van der Waals surface area contributed by atoms with E-state index in [0.717, 1.165) is 4.91 Å². The first-order chi connectivity index (χ1) is 3.72. The summed E-state index contributed by atoms with van der Waals surface area (Å²) in [5.74, 6) is 0.389. The summed E-state index contributed by atoms with van der Waals surface area (Å²) < 4.78 is 1.74. The minimum atomic E-state index is 0.389. The van der Waals surface area contributed by atoms with E-state index in [1.807, 2.05) is 14.0 Å². The molecule has 0 saturated carbocycles. The zero-order chi connectivity index (χ0) is 6.15. The molecule has 1 aliphatic heterocycles. The quantitative estimate of drug-likeness (QED) is 0.420. The van der Waals surface area contributed by atoms with Crippen molar-refractivity contribution in [3.8, 4) is 0 Å². The predicted octanol–water partition coefficient (Wildman–Crippen LogP) is 1.98. The molecule has 0 radical (unpaired) electrons. The van der Waals surface area contributed by atoms with Gasteiger partial charge in [-0.1, -0.05) is 0 Å². The van der Waals surface area contributed by atoms with Crippen LogP contribution in [-0.4, -0.2) is 16.5 Å². The largest absolute Gasteiger partial charge is 0.494 e. The lowest BCUT2D eigenvalue weighted by Crippen LogP contribution is -2.02. The lowest BCUT2D eigenvalue weighted by atomic mass is 10.6. The van der Waals surface area contributed by atoms with E-state index in [9.17, 15) is 0 Å². The van der Waals surface area contributed by atoms with Gasteiger partial charge in [0.1, 0.15) is 0 Å². The number of rotatable bonds is 0. The molecule has 1 rings (SSSR count). The molecule has 1 aliphatic rings. The Labute approximate surface area is 56.5 Å². The standard InChI is InChI=1S/C4H7NOS2/c1-3-4(6)5(2)8-7-3/h6H,1-2H3. The molecule has 4 heteroatoms. The van der Waals surface area contributed by atoms with Crippen LogP contribution in [0.5, 0.6) is 0 Å². The molecule has 0 spiro atoms. The van der Waals surface area contributed by atoms with Crippen molar-refractivity contribution in [2.45, 2.75) is 6.92 Å². The molecule has 46 valence electrons. The van der Waals surface area contributed by atoms with E-state index < -0.39 is 0 Å². The summed E-state index contributed by atoms with van der Waals surface area (Å²) in [6.45, 7) is 1.90. The smallest absolute Gasteiger partial charge is 0.207 e. The minimum Gasteiger partial charge on any atom is -0.494 e. The molecule has 1 heterocycles. The molecule has 0 amide bonds. The lowest BCUT2D eigenvalue weighted by Gasteiger charge is -2.04. The third-order valence-corrected chi connectivity index (χ3v) is 3.44. The highest BCUT2D eigenvalue weighted by molar-refractivity contribution is 8.77. The van der Waals surface area contributed by atoms with Crippen LogP contribution in [0.1, 0.15) is 6.92 Å². The maximum absolute atomic E-state index is 9.03. The summed E-state index contributed by atoms with van der Waals surface area (Å²) in [7, 11) is 4.96. The van der Waals surface area contributed by atoms with E-state index in [1.165, 1.54) is 11.0 Å². The van der Waals surface area contributed by atoms with Crippen molar-refractivity contribution in [1.29, 1.82) is 0 Å². The Morgan fingerprint density at radius 1 is 1.62 bits per heavy atom. The Kier molecular flexibility index (Phi) is 1.62. The number of aliphatic hydroxyl groups excluding tert-OH is 1. The Morgan fingerprint density at radius 2 is 2.25 bits per heavy atom. The molecule has 1 N–H and O–H groups in total. The van der Waals surface area contributed by atoms with Crippen LogP contribution in [0.15, 0.2) is 10.8 Å². The first-order valence-corrected chi connectivity index (χ1v) is 4.30. The first-order valence-electron chi connectivity index (χ1n) is 2.20. The third-order valence-electron chi connectivity index (χ3n) is 0.887. The zero-order valence-corrected chi connectivity index (χ0v) is 6.34. The summed E-state index contributed by atoms with van der Waals surface area (Å²) >= 11 is 0. The van der Waals surface area contributed by atoms with Crippen LogP contribution in [0.3, 0.4) is 0 Å². The second-order valence-corrected chi connectivity index (χ2v) is 3.96. The van der Waals surface area contributed by atoms with Gasteiger partial charge in [0, 0.05) is 18.0 Å². The number of nitrogens with zero attached hydrogens (tertiary/aromatic N) is 1. The number of hydrogen-bond donors (Lipinski definition) is 1. The van der Waals surface area contributed by atoms with E-state index in [-0.39, 0.29) is 0 Å². The maximum atomic E-state index is 9.03. The SMILES string of the molecule is CC1=C(O)N(C)SS1. The van der Waals surface area contributed by atoms with Crippen molar-refractivity contribution < 1.29 is 5.11 Å². The summed E-state index contributed by atoms with van der Waals surface area (Å²) in [6.07, 6.45) is 0. The molecule has 0 aromatic heterocycles. The van der Waals surface area contributed by atoms with Gasteiger partial charge in [0.25, 0.3) is 0 Å². The maximum Gasteiger partial charge on any atom is 0.207 e. The molecular weight excluding hydrogens is 142 g/mol. The second kappa shape index (κ2) is 2.11. The van der Waals surface area contributed by atoms with Crippen LogP contribution in [0, 0.1) is 0 Å². The Morgan fingerprint density at radius 3 is 2.38 bits per heavy atom. The van der Waals surface area contributed by atoms with Crippen LogP contribution >= 0.6 is 21.8 Å². The first kappa shape index (κ1) is 6.16. The van der Waals surface area contributed by atoms with Gasteiger partial charge in [-0.15, -0.1) is 0 Å². The number of allylic oxidation sites excluding steroid dienone is 1. The van der Waals surface area contributed by atoms with Gasteiger partial charge in [-0.3, -0.25) is 4.31 Å². The van der Waals surface area contributed by atoms with Crippen molar-refractivity contribution in [3.63, 3.8) is 0 Å². The van der Waals surface area contributed by atoms with Gasteiger partial charge in [0.15, 0.2) is 0 Å². The molecule has 0 atom stereocenters. The van der Waals surface area contributed by atoms with Crippen LogP contribution in [-0.2, 0) is 0 Å². The van der Waals surface area contributed by atoms with E-state index in [1.54, 1.807) is 15.1 Å². The Bertz CT molecular complexity index is 134. The molecule has 0 saturated heterocycles. The van der Waals surface area contributed by atoms with Gasteiger partial charge in [-0.25, -0.2) is 0 Å². The highest BCUT2D eigenvalue weighted by Crippen LogP contribution is 2.42. The normalized spacial score (nSPS) is 20.5. The Hall–Kier alpha value is 0.0400. The molecule has 0 aromatic carbocycles. The number of aliphatic hydroxyl groups is 1. The summed E-state index contributed by atoms with van der Waals surface area (Å²) in [4.78, 5) is 0.984. The zero-order valence-electron chi connectivity index (χ0n) is 4.71. The summed E-state index contributed by atoms with van der Waals surface area (Å²) in [5.41, 5.74) is 0. The molecule has 0 aliphatic carbocycles. The van der Waals surface area contributed by atoms with Gasteiger partial charge in [0.2, 0.25) is 5.88 Å². The van der Waals surface area contributed by atoms with E-state index in [0.29, 0.717) is 5.88 Å². The predicted molar refractivity (Wildman–Crippen MR) is 38.3 cm³/mol. The average molecular weight is 149 g/mol. The van der Waals surface area contributed by atoms with Crippen LogP contribution in [0.25, 0.3) is 0 Å². The van der Waals surface area contributed by atoms with Gasteiger partial charge in [-0.05, 0) is 17.7 Å². The third kappa shape index (κ3) is 0.902. The molecule has 8 heavy (non-hydrogen) atoms. The fraction of sp³-hybridized carbons (Fsp3) is 0.500. The molecule has 0 bridgehead atoms.